The normalized spacial score (nSPS) is 10.5. The maximum Gasteiger partial charge on any atom is 0.282 e. The van der Waals surface area contributed by atoms with Gasteiger partial charge in [-0.3, -0.25) is 14.0 Å². The van der Waals surface area contributed by atoms with Crippen molar-refractivity contribution >= 4 is 17.4 Å². The molecule has 0 fully saturated rings. The van der Waals surface area contributed by atoms with Gasteiger partial charge in [-0.1, -0.05) is 18.2 Å². The van der Waals surface area contributed by atoms with Gasteiger partial charge in [-0.05, 0) is 24.6 Å². The molecule has 104 valence electrons. The van der Waals surface area contributed by atoms with E-state index in [0.29, 0.717) is 5.56 Å². The smallest absolute Gasteiger partial charge is 0.282 e. The number of benzene rings is 1. The van der Waals surface area contributed by atoms with Gasteiger partial charge in [0.2, 0.25) is 5.78 Å². The molecule has 6 nitrogen and oxygen atoms in total. The summed E-state index contributed by atoms with van der Waals surface area (Å²) in [6.07, 6.45) is 4.43. The van der Waals surface area contributed by atoms with Crippen LogP contribution in [0.1, 0.15) is 15.9 Å². The SMILES string of the molecule is Cc1ccccc1C(=O)Nc1cnc2ncccn2c1=O. The van der Waals surface area contributed by atoms with Crippen LogP contribution in [0.15, 0.2) is 53.7 Å². The van der Waals surface area contributed by atoms with Gasteiger partial charge in [-0.25, -0.2) is 9.97 Å². The lowest BCUT2D eigenvalue weighted by Crippen LogP contribution is -2.24. The summed E-state index contributed by atoms with van der Waals surface area (Å²) in [6.45, 7) is 1.84. The molecule has 0 bridgehead atoms. The van der Waals surface area contributed by atoms with Crippen molar-refractivity contribution in [3.63, 3.8) is 0 Å². The molecule has 1 aromatic carbocycles. The quantitative estimate of drug-likeness (QED) is 0.774. The number of fused-ring (bicyclic) bond motifs is 1. The molecule has 6 heteroatoms. The van der Waals surface area contributed by atoms with E-state index < -0.39 is 0 Å². The van der Waals surface area contributed by atoms with Crippen LogP contribution in [0.2, 0.25) is 0 Å². The second kappa shape index (κ2) is 5.16. The largest absolute Gasteiger partial charge is 0.316 e. The van der Waals surface area contributed by atoms with Gasteiger partial charge in [0, 0.05) is 18.0 Å². The number of rotatable bonds is 2. The number of hydrogen-bond donors (Lipinski definition) is 1. The van der Waals surface area contributed by atoms with E-state index in [-0.39, 0.29) is 22.9 Å². The van der Waals surface area contributed by atoms with Gasteiger partial charge >= 0.3 is 0 Å². The van der Waals surface area contributed by atoms with E-state index in [1.54, 1.807) is 30.6 Å². The zero-order valence-electron chi connectivity index (χ0n) is 11.3. The number of aryl methyl sites for hydroxylation is 1. The lowest BCUT2D eigenvalue weighted by Gasteiger charge is -2.07. The van der Waals surface area contributed by atoms with Crippen LogP contribution in [0.25, 0.3) is 5.78 Å². The Hall–Kier alpha value is -3.02. The molecule has 0 aliphatic heterocycles. The van der Waals surface area contributed by atoms with Crippen molar-refractivity contribution < 1.29 is 4.79 Å². The minimum Gasteiger partial charge on any atom is -0.316 e. The summed E-state index contributed by atoms with van der Waals surface area (Å²) >= 11 is 0. The summed E-state index contributed by atoms with van der Waals surface area (Å²) in [5, 5.41) is 2.60. The fourth-order valence-corrected chi connectivity index (χ4v) is 2.03. The van der Waals surface area contributed by atoms with Gasteiger partial charge in [-0.15, -0.1) is 0 Å². The van der Waals surface area contributed by atoms with Gasteiger partial charge in [0.15, 0.2) is 0 Å². The Morgan fingerprint density at radius 2 is 2.00 bits per heavy atom. The molecule has 0 unspecified atom stereocenters. The molecule has 1 N–H and O–H groups in total. The molecule has 0 aliphatic carbocycles. The minimum absolute atomic E-state index is 0.119. The molecular weight excluding hydrogens is 268 g/mol. The van der Waals surface area contributed by atoms with Gasteiger partial charge in [0.25, 0.3) is 11.5 Å². The van der Waals surface area contributed by atoms with Gasteiger partial charge in [-0.2, -0.15) is 0 Å². The molecular formula is C15H12N4O2. The average molecular weight is 280 g/mol. The highest BCUT2D eigenvalue weighted by Crippen LogP contribution is 2.09. The number of nitrogens with zero attached hydrogens (tertiary/aromatic N) is 3. The van der Waals surface area contributed by atoms with Crippen LogP contribution >= 0.6 is 0 Å². The maximum absolute atomic E-state index is 12.2. The van der Waals surface area contributed by atoms with Crippen LogP contribution < -0.4 is 10.9 Å². The molecule has 3 rings (SSSR count). The number of nitrogens with one attached hydrogen (secondary N) is 1. The molecule has 1 amide bonds. The number of amides is 1. The Morgan fingerprint density at radius 3 is 2.81 bits per heavy atom. The standard InChI is InChI=1S/C15H12N4O2/c1-10-5-2-3-6-11(10)13(20)18-12-9-17-15-16-7-4-8-19(15)14(12)21/h2-9H,1H3,(H,18,20). The number of hydrogen-bond acceptors (Lipinski definition) is 4. The van der Waals surface area contributed by atoms with Crippen molar-refractivity contribution in [2.24, 2.45) is 0 Å². The zero-order valence-corrected chi connectivity index (χ0v) is 11.3. The monoisotopic (exact) mass is 280 g/mol. The van der Waals surface area contributed by atoms with Crippen LogP contribution in [0.4, 0.5) is 5.69 Å². The Morgan fingerprint density at radius 1 is 1.19 bits per heavy atom. The van der Waals surface area contributed by atoms with Crippen molar-refractivity contribution in [1.82, 2.24) is 14.4 Å². The molecule has 21 heavy (non-hydrogen) atoms. The summed E-state index contributed by atoms with van der Waals surface area (Å²) in [5.41, 5.74) is 1.11. The molecule has 0 atom stereocenters. The third kappa shape index (κ3) is 2.38. The Bertz CT molecular complexity index is 886. The molecule has 2 heterocycles. The van der Waals surface area contributed by atoms with E-state index in [1.807, 2.05) is 19.1 Å². The van der Waals surface area contributed by atoms with E-state index in [1.165, 1.54) is 10.6 Å². The predicted molar refractivity (Wildman–Crippen MR) is 78.4 cm³/mol. The maximum atomic E-state index is 12.2. The first-order valence-electron chi connectivity index (χ1n) is 6.36. The highest BCUT2D eigenvalue weighted by atomic mass is 16.2. The lowest BCUT2D eigenvalue weighted by atomic mass is 10.1. The van der Waals surface area contributed by atoms with E-state index in [0.717, 1.165) is 5.56 Å². The fourth-order valence-electron chi connectivity index (χ4n) is 2.03. The molecule has 0 saturated heterocycles. The Balaban J connectivity index is 1.99. The molecule has 2 aromatic heterocycles. The third-order valence-electron chi connectivity index (χ3n) is 3.12. The predicted octanol–water partition coefficient (Wildman–Crippen LogP) is 1.65. The van der Waals surface area contributed by atoms with E-state index in [9.17, 15) is 9.59 Å². The van der Waals surface area contributed by atoms with E-state index >= 15 is 0 Å². The minimum atomic E-state index is -0.366. The average Bonchev–Trinajstić information content (AvgIpc) is 2.51. The number of anilines is 1. The zero-order chi connectivity index (χ0) is 14.8. The highest BCUT2D eigenvalue weighted by molar-refractivity contribution is 6.05. The van der Waals surface area contributed by atoms with Crippen molar-refractivity contribution in [3.05, 3.63) is 70.4 Å². The van der Waals surface area contributed by atoms with Crippen LogP contribution in [0.5, 0.6) is 0 Å². The van der Waals surface area contributed by atoms with Gasteiger partial charge in [0.05, 0.1) is 6.20 Å². The van der Waals surface area contributed by atoms with Gasteiger partial charge in [0.1, 0.15) is 5.69 Å². The summed E-state index contributed by atoms with van der Waals surface area (Å²) in [5.74, 6) is -0.0489. The molecule has 0 spiro atoms. The topological polar surface area (TPSA) is 76.4 Å². The van der Waals surface area contributed by atoms with E-state index in [4.69, 9.17) is 0 Å². The second-order valence-corrected chi connectivity index (χ2v) is 4.54. The van der Waals surface area contributed by atoms with Crippen LogP contribution in [0, 0.1) is 6.92 Å². The van der Waals surface area contributed by atoms with E-state index in [2.05, 4.69) is 15.3 Å². The van der Waals surface area contributed by atoms with Crippen LogP contribution in [0.3, 0.4) is 0 Å². The number of carbonyl (C=O) groups is 1. The third-order valence-corrected chi connectivity index (χ3v) is 3.12. The first kappa shape index (κ1) is 13.0. The van der Waals surface area contributed by atoms with Crippen molar-refractivity contribution in [2.45, 2.75) is 6.92 Å². The summed E-state index contributed by atoms with van der Waals surface area (Å²) < 4.78 is 1.29. The van der Waals surface area contributed by atoms with Crippen molar-refractivity contribution in [1.29, 1.82) is 0 Å². The summed E-state index contributed by atoms with van der Waals surface area (Å²) in [7, 11) is 0. The van der Waals surface area contributed by atoms with Crippen LogP contribution in [-0.4, -0.2) is 20.3 Å². The first-order chi connectivity index (χ1) is 10.2. The fraction of sp³-hybridized carbons (Fsp3) is 0.0667. The highest BCUT2D eigenvalue weighted by Gasteiger charge is 2.12. The lowest BCUT2D eigenvalue weighted by molar-refractivity contribution is 0.102. The number of aromatic nitrogens is 3. The van der Waals surface area contributed by atoms with Crippen molar-refractivity contribution in [3.8, 4) is 0 Å². The Labute approximate surface area is 120 Å². The second-order valence-electron chi connectivity index (χ2n) is 4.54. The van der Waals surface area contributed by atoms with Crippen LogP contribution in [-0.2, 0) is 0 Å². The first-order valence-corrected chi connectivity index (χ1v) is 6.36. The Kier molecular flexibility index (Phi) is 3.19. The molecule has 0 radical (unpaired) electrons. The van der Waals surface area contributed by atoms with Crippen molar-refractivity contribution in [2.75, 3.05) is 5.32 Å². The number of carbonyl (C=O) groups excluding carboxylic acids is 1. The molecule has 0 aliphatic rings. The van der Waals surface area contributed by atoms with Gasteiger partial charge < -0.3 is 5.32 Å². The molecule has 3 aromatic rings. The summed E-state index contributed by atoms with van der Waals surface area (Å²) in [6, 6.07) is 8.80. The summed E-state index contributed by atoms with van der Waals surface area (Å²) in [4.78, 5) is 32.5. The molecule has 0 saturated carbocycles.